The standard InChI is InChI=1S/C17H20N4OS/c1-11-19-16-15(23-11)8-14(20-16)17(22)18-9-12-4-6-13(7-5-12)10-21(2)3/h4-8,20H,9-10H2,1-3H3,(H,18,22). The van der Waals surface area contributed by atoms with E-state index < -0.39 is 0 Å². The second-order valence-corrected chi connectivity index (χ2v) is 7.10. The molecule has 0 atom stereocenters. The summed E-state index contributed by atoms with van der Waals surface area (Å²) in [4.78, 5) is 21.8. The molecule has 0 aliphatic heterocycles. The van der Waals surface area contributed by atoms with E-state index in [1.54, 1.807) is 11.3 Å². The number of hydrogen-bond acceptors (Lipinski definition) is 4. The van der Waals surface area contributed by atoms with Crippen LogP contribution in [-0.4, -0.2) is 34.9 Å². The zero-order valence-electron chi connectivity index (χ0n) is 13.5. The monoisotopic (exact) mass is 328 g/mol. The Morgan fingerprint density at radius 3 is 2.61 bits per heavy atom. The summed E-state index contributed by atoms with van der Waals surface area (Å²) in [7, 11) is 4.09. The number of aromatic nitrogens is 2. The minimum atomic E-state index is -0.106. The number of carbonyl (C=O) groups is 1. The van der Waals surface area contributed by atoms with E-state index >= 15 is 0 Å². The SMILES string of the molecule is Cc1nc2[nH]c(C(=O)NCc3ccc(CN(C)C)cc3)cc2s1. The van der Waals surface area contributed by atoms with E-state index in [9.17, 15) is 4.79 Å². The summed E-state index contributed by atoms with van der Waals surface area (Å²) in [6, 6.07) is 10.2. The smallest absolute Gasteiger partial charge is 0.268 e. The van der Waals surface area contributed by atoms with Crippen LogP contribution in [0.4, 0.5) is 0 Å². The number of fused-ring (bicyclic) bond motifs is 1. The lowest BCUT2D eigenvalue weighted by Gasteiger charge is -2.10. The summed E-state index contributed by atoms with van der Waals surface area (Å²) in [5, 5.41) is 3.93. The van der Waals surface area contributed by atoms with Crippen molar-refractivity contribution in [1.82, 2.24) is 20.2 Å². The van der Waals surface area contributed by atoms with Gasteiger partial charge < -0.3 is 15.2 Å². The maximum absolute atomic E-state index is 12.2. The van der Waals surface area contributed by atoms with Crippen LogP contribution in [0.1, 0.15) is 26.6 Å². The average Bonchev–Trinajstić information content (AvgIpc) is 3.03. The molecule has 5 nitrogen and oxygen atoms in total. The Bertz CT molecular complexity index is 785. The largest absolute Gasteiger partial charge is 0.347 e. The lowest BCUT2D eigenvalue weighted by atomic mass is 10.1. The molecule has 6 heteroatoms. The first kappa shape index (κ1) is 15.7. The number of aryl methyl sites for hydroxylation is 1. The van der Waals surface area contributed by atoms with Crippen LogP contribution in [0.15, 0.2) is 30.3 Å². The molecule has 0 saturated heterocycles. The van der Waals surface area contributed by atoms with Gasteiger partial charge in [-0.15, -0.1) is 11.3 Å². The average molecular weight is 328 g/mol. The lowest BCUT2D eigenvalue weighted by Crippen LogP contribution is -2.23. The van der Waals surface area contributed by atoms with Crippen LogP contribution in [0.3, 0.4) is 0 Å². The highest BCUT2D eigenvalue weighted by Gasteiger charge is 2.11. The van der Waals surface area contributed by atoms with Gasteiger partial charge in [-0.05, 0) is 38.2 Å². The number of nitrogens with zero attached hydrogens (tertiary/aromatic N) is 2. The van der Waals surface area contributed by atoms with Gasteiger partial charge in [0, 0.05) is 13.1 Å². The quantitative estimate of drug-likeness (QED) is 0.757. The molecule has 1 aromatic carbocycles. The van der Waals surface area contributed by atoms with Gasteiger partial charge in [-0.1, -0.05) is 24.3 Å². The third-order valence-electron chi connectivity index (χ3n) is 3.51. The molecule has 2 aromatic heterocycles. The molecule has 23 heavy (non-hydrogen) atoms. The molecule has 0 spiro atoms. The van der Waals surface area contributed by atoms with Crippen molar-refractivity contribution in [3.8, 4) is 0 Å². The number of carbonyl (C=O) groups excluding carboxylic acids is 1. The summed E-state index contributed by atoms with van der Waals surface area (Å²) in [6.45, 7) is 3.39. The third kappa shape index (κ3) is 3.78. The second kappa shape index (κ2) is 6.52. The molecule has 0 aliphatic carbocycles. The molecule has 0 saturated carbocycles. The minimum Gasteiger partial charge on any atom is -0.347 e. The molecule has 120 valence electrons. The first-order chi connectivity index (χ1) is 11.0. The molecule has 3 aromatic rings. The number of amides is 1. The van der Waals surface area contributed by atoms with E-state index in [1.807, 2.05) is 27.1 Å². The Morgan fingerprint density at radius 1 is 1.26 bits per heavy atom. The van der Waals surface area contributed by atoms with Crippen LogP contribution >= 0.6 is 11.3 Å². The zero-order chi connectivity index (χ0) is 16.4. The molecule has 2 heterocycles. The highest BCUT2D eigenvalue weighted by molar-refractivity contribution is 7.18. The number of H-pyrrole nitrogens is 1. The van der Waals surface area contributed by atoms with Gasteiger partial charge in [-0.3, -0.25) is 4.79 Å². The molecular formula is C17H20N4OS. The topological polar surface area (TPSA) is 61.0 Å². The van der Waals surface area contributed by atoms with Crippen LogP contribution < -0.4 is 5.32 Å². The molecule has 3 rings (SSSR count). The third-order valence-corrected chi connectivity index (χ3v) is 4.43. The lowest BCUT2D eigenvalue weighted by molar-refractivity contribution is 0.0946. The van der Waals surface area contributed by atoms with Gasteiger partial charge >= 0.3 is 0 Å². The van der Waals surface area contributed by atoms with E-state index in [-0.39, 0.29) is 5.91 Å². The molecule has 0 radical (unpaired) electrons. The fourth-order valence-corrected chi connectivity index (χ4v) is 3.28. The Morgan fingerprint density at radius 2 is 1.96 bits per heavy atom. The van der Waals surface area contributed by atoms with Crippen molar-refractivity contribution in [2.45, 2.75) is 20.0 Å². The predicted molar refractivity (Wildman–Crippen MR) is 93.7 cm³/mol. The summed E-state index contributed by atoms with van der Waals surface area (Å²) in [5.41, 5.74) is 3.69. The van der Waals surface area contributed by atoms with Crippen molar-refractivity contribution in [2.24, 2.45) is 0 Å². The number of nitrogens with one attached hydrogen (secondary N) is 2. The van der Waals surface area contributed by atoms with Gasteiger partial charge in [0.05, 0.1) is 9.71 Å². The highest BCUT2D eigenvalue weighted by Crippen LogP contribution is 2.22. The van der Waals surface area contributed by atoms with Crippen LogP contribution in [0.2, 0.25) is 0 Å². The van der Waals surface area contributed by atoms with Gasteiger partial charge in [0.1, 0.15) is 11.3 Å². The van der Waals surface area contributed by atoms with Crippen molar-refractivity contribution in [2.75, 3.05) is 14.1 Å². The van der Waals surface area contributed by atoms with E-state index in [0.29, 0.717) is 12.2 Å². The van der Waals surface area contributed by atoms with Crippen LogP contribution in [0.25, 0.3) is 10.3 Å². The van der Waals surface area contributed by atoms with Crippen LogP contribution in [-0.2, 0) is 13.1 Å². The fraction of sp³-hybridized carbons (Fsp3) is 0.294. The summed E-state index contributed by atoms with van der Waals surface area (Å²) >= 11 is 1.58. The Hall–Kier alpha value is -2.18. The number of thiazole rings is 1. The van der Waals surface area contributed by atoms with Crippen LogP contribution in [0, 0.1) is 6.92 Å². The molecule has 0 bridgehead atoms. The number of aromatic amines is 1. The van der Waals surface area contributed by atoms with Gasteiger partial charge in [0.15, 0.2) is 0 Å². The molecule has 2 N–H and O–H groups in total. The van der Waals surface area contributed by atoms with Crippen molar-refractivity contribution in [1.29, 1.82) is 0 Å². The van der Waals surface area contributed by atoms with Crippen molar-refractivity contribution < 1.29 is 4.79 Å². The van der Waals surface area contributed by atoms with Crippen molar-refractivity contribution >= 4 is 27.6 Å². The Balaban J connectivity index is 1.60. The van der Waals surface area contributed by atoms with E-state index in [1.165, 1.54) is 5.56 Å². The molecule has 1 amide bonds. The number of rotatable bonds is 5. The summed E-state index contributed by atoms with van der Waals surface area (Å²) in [6.07, 6.45) is 0. The maximum Gasteiger partial charge on any atom is 0.268 e. The Labute approximate surface area is 139 Å². The first-order valence-electron chi connectivity index (χ1n) is 7.48. The molecule has 0 unspecified atom stereocenters. The fourth-order valence-electron chi connectivity index (χ4n) is 2.45. The van der Waals surface area contributed by atoms with E-state index in [2.05, 4.69) is 44.5 Å². The van der Waals surface area contributed by atoms with Crippen LogP contribution in [0.5, 0.6) is 0 Å². The zero-order valence-corrected chi connectivity index (χ0v) is 14.3. The van der Waals surface area contributed by atoms with Crippen molar-refractivity contribution in [3.63, 3.8) is 0 Å². The van der Waals surface area contributed by atoms with Gasteiger partial charge in [-0.25, -0.2) is 4.98 Å². The molecule has 0 fully saturated rings. The molecule has 0 aliphatic rings. The summed E-state index contributed by atoms with van der Waals surface area (Å²) in [5.74, 6) is -0.106. The van der Waals surface area contributed by atoms with Gasteiger partial charge in [-0.2, -0.15) is 0 Å². The van der Waals surface area contributed by atoms with E-state index in [4.69, 9.17) is 0 Å². The van der Waals surface area contributed by atoms with Gasteiger partial charge in [0.25, 0.3) is 5.91 Å². The maximum atomic E-state index is 12.2. The Kier molecular flexibility index (Phi) is 4.45. The van der Waals surface area contributed by atoms with Crippen molar-refractivity contribution in [3.05, 3.63) is 52.2 Å². The minimum absolute atomic E-state index is 0.106. The normalized spacial score (nSPS) is 11.3. The first-order valence-corrected chi connectivity index (χ1v) is 8.30. The highest BCUT2D eigenvalue weighted by atomic mass is 32.1. The summed E-state index contributed by atoms with van der Waals surface area (Å²) < 4.78 is 1.01. The van der Waals surface area contributed by atoms with E-state index in [0.717, 1.165) is 27.5 Å². The number of hydrogen-bond donors (Lipinski definition) is 2. The number of benzene rings is 1. The second-order valence-electron chi connectivity index (χ2n) is 5.87. The predicted octanol–water partition coefficient (Wildman–Crippen LogP) is 2.92. The molecular weight excluding hydrogens is 308 g/mol. The van der Waals surface area contributed by atoms with Gasteiger partial charge in [0.2, 0.25) is 0 Å².